The topological polar surface area (TPSA) is 236 Å². The number of hydrogen-bond donors (Lipinski definition) is 8. The largest absolute Gasteiger partial charge is 0.394 e. The van der Waals surface area contributed by atoms with Gasteiger partial charge in [0.05, 0.1) is 37.6 Å². The minimum atomic E-state index is -1.70. The molecule has 1 spiro atoms. The molecule has 27 atom stereocenters. The molecule has 350 valence electrons. The van der Waals surface area contributed by atoms with Crippen molar-refractivity contribution >= 4 is 0 Å². The third-order valence-corrected chi connectivity index (χ3v) is 18.2. The van der Waals surface area contributed by atoms with Gasteiger partial charge >= 0.3 is 0 Å². The first-order valence-corrected chi connectivity index (χ1v) is 23.5. The average Bonchev–Trinajstić information content (AvgIpc) is 3.69. The summed E-state index contributed by atoms with van der Waals surface area (Å²) >= 11 is 0. The van der Waals surface area contributed by atoms with Crippen molar-refractivity contribution < 1.29 is 78.7 Å². The smallest absolute Gasteiger partial charge is 0.187 e. The van der Waals surface area contributed by atoms with E-state index in [1.165, 1.54) is 26.7 Å². The fraction of sp³-hybridized carbons (Fsp3) is 1.00. The molecule has 0 aromatic rings. The summed E-state index contributed by atoms with van der Waals surface area (Å²) in [6.07, 6.45) is -11.0. The molecule has 61 heavy (non-hydrogen) atoms. The zero-order chi connectivity index (χ0) is 43.5. The van der Waals surface area contributed by atoms with E-state index in [4.69, 9.17) is 37.9 Å². The van der Waals surface area contributed by atoms with E-state index in [9.17, 15) is 40.9 Å². The highest BCUT2D eigenvalue weighted by Crippen LogP contribution is 2.71. The van der Waals surface area contributed by atoms with E-state index in [-0.39, 0.29) is 23.0 Å². The van der Waals surface area contributed by atoms with E-state index in [1.54, 1.807) is 0 Å². The van der Waals surface area contributed by atoms with E-state index in [0.29, 0.717) is 41.4 Å². The van der Waals surface area contributed by atoms with Crippen molar-refractivity contribution in [3.63, 3.8) is 0 Å². The van der Waals surface area contributed by atoms with Gasteiger partial charge in [0.1, 0.15) is 61.0 Å². The van der Waals surface area contributed by atoms with Crippen molar-refractivity contribution in [3.8, 4) is 0 Å². The van der Waals surface area contributed by atoms with Gasteiger partial charge in [0, 0.05) is 12.3 Å². The Hall–Kier alpha value is -0.640. The Balaban J connectivity index is 0.897. The van der Waals surface area contributed by atoms with E-state index in [0.717, 1.165) is 58.0 Å². The summed E-state index contributed by atoms with van der Waals surface area (Å²) in [7, 11) is 0. The van der Waals surface area contributed by atoms with Crippen molar-refractivity contribution in [2.75, 3.05) is 13.2 Å². The lowest BCUT2D eigenvalue weighted by molar-refractivity contribution is -0.389. The molecule has 0 amide bonds. The Morgan fingerprint density at radius 2 is 1.23 bits per heavy atom. The number of aliphatic hydroxyl groups is 8. The van der Waals surface area contributed by atoms with Crippen LogP contribution in [0, 0.1) is 52.3 Å². The maximum absolute atomic E-state index is 12.0. The Kier molecular flexibility index (Phi) is 12.6. The van der Waals surface area contributed by atoms with Gasteiger partial charge < -0.3 is 78.7 Å². The van der Waals surface area contributed by atoms with Crippen LogP contribution in [0.25, 0.3) is 0 Å². The summed E-state index contributed by atoms with van der Waals surface area (Å²) in [6, 6.07) is 0. The van der Waals surface area contributed by atoms with Crippen LogP contribution in [0.1, 0.15) is 106 Å². The first-order valence-electron chi connectivity index (χ1n) is 23.5. The molecule has 0 bridgehead atoms. The number of hydrogen-bond acceptors (Lipinski definition) is 16. The molecule has 9 rings (SSSR count). The molecule has 5 saturated heterocycles. The zero-order valence-corrected chi connectivity index (χ0v) is 36.7. The molecule has 4 aliphatic carbocycles. The van der Waals surface area contributed by atoms with Crippen LogP contribution in [0.3, 0.4) is 0 Å². The highest BCUT2D eigenvalue weighted by Gasteiger charge is 2.69. The molecule has 9 fully saturated rings. The van der Waals surface area contributed by atoms with Gasteiger partial charge in [-0.15, -0.1) is 0 Å². The molecule has 5 heterocycles. The zero-order valence-electron chi connectivity index (χ0n) is 36.7. The lowest BCUT2D eigenvalue weighted by Crippen LogP contribution is -2.66. The lowest BCUT2D eigenvalue weighted by atomic mass is 9.44. The fourth-order valence-electron chi connectivity index (χ4n) is 14.6. The first kappa shape index (κ1) is 45.5. The Morgan fingerprint density at radius 3 is 1.85 bits per heavy atom. The van der Waals surface area contributed by atoms with Gasteiger partial charge in [-0.3, -0.25) is 0 Å². The minimum Gasteiger partial charge on any atom is -0.394 e. The van der Waals surface area contributed by atoms with Crippen molar-refractivity contribution in [2.24, 2.45) is 52.3 Å². The molecule has 0 aromatic heterocycles. The molecule has 0 unspecified atom stereocenters. The monoisotopic (exact) mass is 870 g/mol. The molecule has 0 aromatic carbocycles. The second-order valence-electron chi connectivity index (χ2n) is 21.5. The summed E-state index contributed by atoms with van der Waals surface area (Å²) in [6.45, 7) is 12.9. The summed E-state index contributed by atoms with van der Waals surface area (Å²) in [4.78, 5) is 0. The van der Waals surface area contributed by atoms with Gasteiger partial charge in [-0.05, 0) is 118 Å². The van der Waals surface area contributed by atoms with Gasteiger partial charge in [0.25, 0.3) is 0 Å². The summed E-state index contributed by atoms with van der Waals surface area (Å²) < 4.78 is 50.3. The van der Waals surface area contributed by atoms with Crippen molar-refractivity contribution in [1.82, 2.24) is 0 Å². The van der Waals surface area contributed by atoms with Gasteiger partial charge in [0.15, 0.2) is 24.7 Å². The molecule has 4 saturated carbocycles. The van der Waals surface area contributed by atoms with E-state index in [1.807, 2.05) is 0 Å². The van der Waals surface area contributed by atoms with Crippen LogP contribution in [-0.4, -0.2) is 164 Å². The third kappa shape index (κ3) is 7.50. The van der Waals surface area contributed by atoms with Crippen LogP contribution in [0.15, 0.2) is 0 Å². The predicted octanol–water partition coefficient (Wildman–Crippen LogP) is 1.32. The highest BCUT2D eigenvalue weighted by molar-refractivity contribution is 5.15. The summed E-state index contributed by atoms with van der Waals surface area (Å²) in [5, 5.41) is 85.9. The molecule has 16 nitrogen and oxygen atoms in total. The fourth-order valence-corrected chi connectivity index (χ4v) is 14.6. The van der Waals surface area contributed by atoms with Crippen LogP contribution in [-0.2, 0) is 37.9 Å². The second-order valence-corrected chi connectivity index (χ2v) is 21.5. The Labute approximate surface area is 359 Å². The number of fused-ring (bicyclic) bond motifs is 7. The first-order chi connectivity index (χ1) is 28.9. The predicted molar refractivity (Wildman–Crippen MR) is 213 cm³/mol. The van der Waals surface area contributed by atoms with Crippen LogP contribution >= 0.6 is 0 Å². The maximum Gasteiger partial charge on any atom is 0.187 e. The van der Waals surface area contributed by atoms with Crippen LogP contribution in [0.4, 0.5) is 0 Å². The van der Waals surface area contributed by atoms with Crippen molar-refractivity contribution in [3.05, 3.63) is 0 Å². The number of rotatable bonds is 7. The van der Waals surface area contributed by atoms with Gasteiger partial charge in [-0.2, -0.15) is 0 Å². The molecule has 16 heteroatoms. The van der Waals surface area contributed by atoms with E-state index in [2.05, 4.69) is 27.7 Å². The van der Waals surface area contributed by atoms with Gasteiger partial charge in [-0.25, -0.2) is 0 Å². The lowest BCUT2D eigenvalue weighted by Gasteiger charge is -2.61. The van der Waals surface area contributed by atoms with Crippen LogP contribution < -0.4 is 0 Å². The summed E-state index contributed by atoms with van der Waals surface area (Å²) in [5.74, 6) is 3.27. The van der Waals surface area contributed by atoms with Gasteiger partial charge in [-0.1, -0.05) is 27.7 Å². The molecule has 5 aliphatic heterocycles. The molecule has 9 aliphatic rings. The molecular weight excluding hydrogens is 796 g/mol. The molecular formula is C45H74O16. The van der Waals surface area contributed by atoms with Crippen LogP contribution in [0.5, 0.6) is 0 Å². The Bertz CT molecular complexity index is 1530. The third-order valence-electron chi connectivity index (χ3n) is 18.2. The average molecular weight is 871 g/mol. The maximum atomic E-state index is 12.0. The van der Waals surface area contributed by atoms with Crippen molar-refractivity contribution in [2.45, 2.75) is 216 Å². The highest BCUT2D eigenvalue weighted by atomic mass is 16.8. The molecule has 8 N–H and O–H groups in total. The standard InChI is InChI=1S/C45H74O16/c1-19-9-14-45(54-18-19)20(2)30-28(61-45)16-27-25-8-7-23-15-24(10-12-43(23,5)26(25)11-13-44(27,30)6)57-42-39(60-41-36(52)34(50)32(48)22(4)56-41)37(53)38(29(17-46)58-42)59-40-35(51)33(49)31(47)21(3)55-40/h19-42,46-53H,7-18H2,1-6H3/t19-,20+,21-,22+,23+,24+,25-,26-,27-,28+,29-,30+,31-,32+,33+,34-,35+,36-,37+,38-,39-,40+,41+,42-,43+,44+,45-/m1/s1. The van der Waals surface area contributed by atoms with Crippen molar-refractivity contribution in [1.29, 1.82) is 0 Å². The minimum absolute atomic E-state index is 0.122. The normalized spacial score (nSPS) is 59.7. The quantitative estimate of drug-likeness (QED) is 0.169. The Morgan fingerprint density at radius 1 is 0.590 bits per heavy atom. The SMILES string of the molecule is C[C@@H]1CC[C@@]2(OC1)O[C@H]1C[C@@H]3[C@@H]4CC[C@H]5C[C@@H](O[C@@H]6O[C@H](CO)[C@@H](O[C@@H]7O[C@H](C)[C@@H](O)[C@H](O)[C@@H]7O)[C@H](O)[C@H]6O[C@@H]6O[C@@H](C)[C@H](O)[C@@H](O)[C@H]6O)CC[C@]5(C)[C@@H]4CC[C@]3(C)[C@H]1[C@@H]2C. The number of aliphatic hydroxyl groups excluding tert-OH is 8. The summed E-state index contributed by atoms with van der Waals surface area (Å²) in [5.41, 5.74) is 0.350. The molecule has 0 radical (unpaired) electrons. The van der Waals surface area contributed by atoms with E-state index >= 15 is 0 Å². The van der Waals surface area contributed by atoms with E-state index < -0.39 is 105 Å². The number of ether oxygens (including phenoxy) is 8. The van der Waals surface area contributed by atoms with Gasteiger partial charge in [0.2, 0.25) is 0 Å². The van der Waals surface area contributed by atoms with Crippen LogP contribution in [0.2, 0.25) is 0 Å². The second kappa shape index (κ2) is 16.9.